The number of rotatable bonds is 4. The largest absolute Gasteiger partial charge is 0.497 e. The van der Waals surface area contributed by atoms with Crippen molar-refractivity contribution < 1.29 is 9.53 Å². The third kappa shape index (κ3) is 3.68. The number of hydrogen-bond donors (Lipinski definition) is 1. The van der Waals surface area contributed by atoms with Crippen LogP contribution in [0.5, 0.6) is 5.75 Å². The molecule has 0 unspecified atom stereocenters. The zero-order chi connectivity index (χ0) is 16.2. The molecule has 5 heteroatoms. The summed E-state index contributed by atoms with van der Waals surface area (Å²) in [7, 11) is 1.63. The smallest absolute Gasteiger partial charge is 0.275 e. The Morgan fingerprint density at radius 1 is 1.17 bits per heavy atom. The molecule has 2 aromatic carbocycles. The van der Waals surface area contributed by atoms with Crippen LogP contribution in [0.1, 0.15) is 11.1 Å². The number of ether oxygens (including phenoxy) is 1. The van der Waals surface area contributed by atoms with Crippen molar-refractivity contribution in [2.75, 3.05) is 7.11 Å². The second-order valence-corrected chi connectivity index (χ2v) is 5.94. The fourth-order valence-corrected chi connectivity index (χ4v) is 2.68. The normalized spacial score (nSPS) is 15.5. The number of hydrogen-bond acceptors (Lipinski definition) is 3. The molecule has 1 heterocycles. The lowest BCUT2D eigenvalue weighted by molar-refractivity contribution is -0.115. The zero-order valence-corrected chi connectivity index (χ0v) is 14.1. The Kier molecular flexibility index (Phi) is 4.57. The Morgan fingerprint density at radius 3 is 2.61 bits per heavy atom. The number of benzene rings is 2. The van der Waals surface area contributed by atoms with Gasteiger partial charge in [-0.25, -0.2) is 4.99 Å². The van der Waals surface area contributed by atoms with E-state index in [9.17, 15) is 4.79 Å². The molecule has 2 aromatic rings. The fraction of sp³-hybridized carbons (Fsp3) is 0.111. The van der Waals surface area contributed by atoms with Crippen LogP contribution < -0.4 is 10.1 Å². The summed E-state index contributed by atoms with van der Waals surface area (Å²) in [6.07, 6.45) is 2.35. The Balaban J connectivity index is 1.79. The van der Waals surface area contributed by atoms with E-state index < -0.39 is 0 Å². The maximum atomic E-state index is 12.1. The first kappa shape index (κ1) is 15.5. The Bertz CT molecular complexity index is 795. The summed E-state index contributed by atoms with van der Waals surface area (Å²) in [5, 5.41) is 2.82. The van der Waals surface area contributed by atoms with E-state index in [4.69, 9.17) is 4.74 Å². The number of nitrogens with one attached hydrogen (secondary N) is 1. The summed E-state index contributed by atoms with van der Waals surface area (Å²) in [6, 6.07) is 15.4. The first-order chi connectivity index (χ1) is 11.2. The summed E-state index contributed by atoms with van der Waals surface area (Å²) in [6.45, 7) is 0. The summed E-state index contributed by atoms with van der Waals surface area (Å²) in [4.78, 5) is 16.5. The van der Waals surface area contributed by atoms with Crippen molar-refractivity contribution in [3.8, 4) is 5.75 Å². The number of nitrogens with zero attached hydrogens (tertiary/aromatic N) is 1. The Morgan fingerprint density at radius 2 is 1.91 bits per heavy atom. The van der Waals surface area contributed by atoms with Crippen molar-refractivity contribution >= 4 is 33.7 Å². The average molecular weight is 371 g/mol. The first-order valence-corrected chi connectivity index (χ1v) is 7.93. The van der Waals surface area contributed by atoms with Crippen LogP contribution in [0.3, 0.4) is 0 Å². The molecular weight excluding hydrogens is 356 g/mol. The van der Waals surface area contributed by atoms with E-state index >= 15 is 0 Å². The van der Waals surface area contributed by atoms with Gasteiger partial charge in [-0.3, -0.25) is 4.79 Å². The van der Waals surface area contributed by atoms with Crippen molar-refractivity contribution in [2.45, 2.75) is 6.42 Å². The maximum absolute atomic E-state index is 12.1. The van der Waals surface area contributed by atoms with E-state index in [1.54, 1.807) is 13.2 Å². The van der Waals surface area contributed by atoms with Gasteiger partial charge in [-0.2, -0.15) is 0 Å². The van der Waals surface area contributed by atoms with Crippen LogP contribution >= 0.6 is 15.9 Å². The Labute approximate surface area is 143 Å². The minimum atomic E-state index is -0.177. The second kappa shape index (κ2) is 6.79. The minimum Gasteiger partial charge on any atom is -0.497 e. The van der Waals surface area contributed by atoms with Crippen LogP contribution in [-0.4, -0.2) is 18.9 Å². The van der Waals surface area contributed by atoms with Gasteiger partial charge in [-0.1, -0.05) is 46.3 Å². The molecular formula is C18H15BrN2O2. The van der Waals surface area contributed by atoms with Crippen LogP contribution in [0.15, 0.2) is 63.7 Å². The molecule has 3 rings (SSSR count). The van der Waals surface area contributed by atoms with Crippen LogP contribution in [0.4, 0.5) is 0 Å². The summed E-state index contributed by atoms with van der Waals surface area (Å²) in [5.74, 6) is 1.28. The van der Waals surface area contributed by atoms with Crippen LogP contribution in [-0.2, 0) is 11.2 Å². The number of amides is 1. The van der Waals surface area contributed by atoms with Crippen molar-refractivity contribution in [3.63, 3.8) is 0 Å². The predicted molar refractivity (Wildman–Crippen MR) is 94.4 cm³/mol. The van der Waals surface area contributed by atoms with E-state index in [2.05, 4.69) is 26.2 Å². The van der Waals surface area contributed by atoms with Gasteiger partial charge in [0, 0.05) is 10.9 Å². The third-order valence-corrected chi connectivity index (χ3v) is 4.20. The molecule has 0 radical (unpaired) electrons. The standard InChI is InChI=1S/C18H15BrN2O2/c1-23-14-8-6-12(7-9-14)10-17-20-16(18(22)21-17)11-13-4-2-3-5-15(13)19/h2-9,11H,10H2,1H3,(H,20,21,22)/b16-11-. The van der Waals surface area contributed by atoms with E-state index in [1.165, 1.54) is 0 Å². The van der Waals surface area contributed by atoms with Gasteiger partial charge in [0.25, 0.3) is 5.91 Å². The van der Waals surface area contributed by atoms with E-state index in [1.807, 2.05) is 48.5 Å². The SMILES string of the molecule is COc1ccc(CC2=N/C(=C\c3ccccc3Br)C(=O)N2)cc1. The topological polar surface area (TPSA) is 50.7 Å². The lowest BCUT2D eigenvalue weighted by Crippen LogP contribution is -2.25. The fourth-order valence-electron chi connectivity index (χ4n) is 2.28. The van der Waals surface area contributed by atoms with Crippen molar-refractivity contribution in [1.82, 2.24) is 5.32 Å². The van der Waals surface area contributed by atoms with Crippen molar-refractivity contribution in [2.24, 2.45) is 4.99 Å². The highest BCUT2D eigenvalue weighted by Crippen LogP contribution is 2.21. The molecule has 0 fully saturated rings. The molecule has 1 amide bonds. The molecule has 0 aliphatic carbocycles. The number of aliphatic imine (C=N–C) groups is 1. The molecule has 1 N–H and O–H groups in total. The average Bonchev–Trinajstić information content (AvgIpc) is 2.90. The number of carbonyl (C=O) groups excluding carboxylic acids is 1. The van der Waals surface area contributed by atoms with Gasteiger partial charge in [-0.05, 0) is 35.4 Å². The second-order valence-electron chi connectivity index (χ2n) is 5.09. The van der Waals surface area contributed by atoms with Crippen LogP contribution in [0.2, 0.25) is 0 Å². The van der Waals surface area contributed by atoms with Gasteiger partial charge in [0.2, 0.25) is 0 Å². The molecule has 0 saturated heterocycles. The number of methoxy groups -OCH3 is 1. The van der Waals surface area contributed by atoms with Gasteiger partial charge in [0.05, 0.1) is 7.11 Å². The summed E-state index contributed by atoms with van der Waals surface area (Å²) >= 11 is 3.47. The highest BCUT2D eigenvalue weighted by molar-refractivity contribution is 9.10. The quantitative estimate of drug-likeness (QED) is 0.836. The molecule has 4 nitrogen and oxygen atoms in total. The zero-order valence-electron chi connectivity index (χ0n) is 12.5. The lowest BCUT2D eigenvalue weighted by atomic mass is 10.1. The number of amidine groups is 1. The molecule has 1 aliphatic heterocycles. The molecule has 0 spiro atoms. The van der Waals surface area contributed by atoms with Crippen molar-refractivity contribution in [1.29, 1.82) is 0 Å². The summed E-state index contributed by atoms with van der Waals surface area (Å²) < 4.78 is 6.07. The highest BCUT2D eigenvalue weighted by Gasteiger charge is 2.20. The first-order valence-electron chi connectivity index (χ1n) is 7.14. The molecule has 1 aliphatic rings. The van der Waals surface area contributed by atoms with E-state index in [0.717, 1.165) is 21.3 Å². The molecule has 116 valence electrons. The van der Waals surface area contributed by atoms with E-state index in [-0.39, 0.29) is 5.91 Å². The lowest BCUT2D eigenvalue weighted by Gasteiger charge is -2.03. The highest BCUT2D eigenvalue weighted by atomic mass is 79.9. The van der Waals surface area contributed by atoms with Gasteiger partial charge in [0.1, 0.15) is 17.3 Å². The Hall–Kier alpha value is -2.40. The van der Waals surface area contributed by atoms with Crippen LogP contribution in [0, 0.1) is 0 Å². The molecule has 0 saturated carbocycles. The molecule has 0 aromatic heterocycles. The van der Waals surface area contributed by atoms with Gasteiger partial charge in [0.15, 0.2) is 0 Å². The monoisotopic (exact) mass is 370 g/mol. The van der Waals surface area contributed by atoms with Crippen LogP contribution in [0.25, 0.3) is 6.08 Å². The maximum Gasteiger partial charge on any atom is 0.275 e. The van der Waals surface area contributed by atoms with Gasteiger partial charge < -0.3 is 10.1 Å². The van der Waals surface area contributed by atoms with E-state index in [0.29, 0.717) is 18.0 Å². The predicted octanol–water partition coefficient (Wildman–Crippen LogP) is 3.57. The molecule has 23 heavy (non-hydrogen) atoms. The number of halogens is 1. The van der Waals surface area contributed by atoms with Gasteiger partial charge >= 0.3 is 0 Å². The van der Waals surface area contributed by atoms with Gasteiger partial charge in [-0.15, -0.1) is 0 Å². The minimum absolute atomic E-state index is 0.177. The summed E-state index contributed by atoms with van der Waals surface area (Å²) in [5.41, 5.74) is 2.40. The third-order valence-electron chi connectivity index (χ3n) is 3.47. The molecule has 0 atom stereocenters. The number of carbonyl (C=O) groups is 1. The molecule has 0 bridgehead atoms. The van der Waals surface area contributed by atoms with Crippen molar-refractivity contribution in [3.05, 3.63) is 69.8 Å².